The van der Waals surface area contributed by atoms with Crippen LogP contribution in [0.25, 0.3) is 0 Å². The van der Waals surface area contributed by atoms with Gasteiger partial charge in [-0.3, -0.25) is 0 Å². The van der Waals surface area contributed by atoms with Gasteiger partial charge in [-0.25, -0.2) is 0 Å². The van der Waals surface area contributed by atoms with E-state index in [4.69, 9.17) is 0 Å². The maximum absolute atomic E-state index is 2.69. The van der Waals surface area contributed by atoms with Crippen LogP contribution in [0.2, 0.25) is 0 Å². The molecule has 4 heteroatoms. The van der Waals surface area contributed by atoms with Gasteiger partial charge < -0.3 is 0 Å². The van der Waals surface area contributed by atoms with Gasteiger partial charge >= 0.3 is 0 Å². The summed E-state index contributed by atoms with van der Waals surface area (Å²) in [5.74, 6) is 0. The first kappa shape index (κ1) is 24.9. The third kappa shape index (κ3) is 10.6. The van der Waals surface area contributed by atoms with Gasteiger partial charge in [0.15, 0.2) is 0 Å². The van der Waals surface area contributed by atoms with Crippen LogP contribution in [0.3, 0.4) is 0 Å². The van der Waals surface area contributed by atoms with Gasteiger partial charge in [-0.15, -0.1) is 27.7 Å². The standard InChI is InChI=1S/3C7H9P.Na/c3*1-6-4-2-3-5-7(6)8;/h3*2-5H,8H2,1H3;. The Hall–Kier alpha value is -0.0500. The summed E-state index contributed by atoms with van der Waals surface area (Å²) in [5, 5.41) is 3.85. The molecular formula is C21H27NaP3. The van der Waals surface area contributed by atoms with E-state index in [0.29, 0.717) is 0 Å². The summed E-state index contributed by atoms with van der Waals surface area (Å²) in [7, 11) is 8.06. The van der Waals surface area contributed by atoms with Crippen LogP contribution in [0.4, 0.5) is 0 Å². The van der Waals surface area contributed by atoms with Gasteiger partial charge in [0.1, 0.15) is 0 Å². The predicted octanol–water partition coefficient (Wildman–Crippen LogP) is 4.11. The first-order valence-corrected chi connectivity index (χ1v) is 9.58. The second kappa shape index (κ2) is 14.1. The average Bonchev–Trinajstić information content (AvgIpc) is 2.57. The Morgan fingerprint density at radius 3 is 0.760 bits per heavy atom. The summed E-state index contributed by atoms with van der Waals surface area (Å²) in [6.45, 7) is 6.30. The van der Waals surface area contributed by atoms with Gasteiger partial charge in [-0.1, -0.05) is 72.8 Å². The minimum absolute atomic E-state index is 0. The van der Waals surface area contributed by atoms with Crippen LogP contribution in [0, 0.1) is 20.8 Å². The van der Waals surface area contributed by atoms with Crippen LogP contribution in [-0.4, -0.2) is 29.6 Å². The van der Waals surface area contributed by atoms with Crippen molar-refractivity contribution in [1.82, 2.24) is 0 Å². The van der Waals surface area contributed by atoms with Crippen molar-refractivity contribution in [2.75, 3.05) is 0 Å². The molecule has 25 heavy (non-hydrogen) atoms. The third-order valence-electron chi connectivity index (χ3n) is 3.57. The monoisotopic (exact) mass is 395 g/mol. The fourth-order valence-corrected chi connectivity index (χ4v) is 2.38. The number of benzene rings is 3. The summed E-state index contributed by atoms with van der Waals surface area (Å²) in [6, 6.07) is 24.8. The topological polar surface area (TPSA) is 0 Å². The average molecular weight is 395 g/mol. The van der Waals surface area contributed by atoms with Crippen molar-refractivity contribution in [3.05, 3.63) is 89.5 Å². The van der Waals surface area contributed by atoms with Gasteiger partial charge in [0, 0.05) is 29.6 Å². The van der Waals surface area contributed by atoms with Crippen LogP contribution >= 0.6 is 27.7 Å². The molecule has 0 fully saturated rings. The van der Waals surface area contributed by atoms with Crippen molar-refractivity contribution in [2.45, 2.75) is 20.8 Å². The molecule has 0 N–H and O–H groups in total. The number of hydrogen-bond donors (Lipinski definition) is 0. The Morgan fingerprint density at radius 1 is 0.440 bits per heavy atom. The molecule has 0 aliphatic rings. The van der Waals surface area contributed by atoms with Gasteiger partial charge in [0.05, 0.1) is 0 Å². The van der Waals surface area contributed by atoms with E-state index >= 15 is 0 Å². The molecule has 0 aromatic heterocycles. The molecule has 0 saturated heterocycles. The molecule has 0 amide bonds. The maximum atomic E-state index is 2.69. The molecule has 3 unspecified atom stereocenters. The van der Waals surface area contributed by atoms with E-state index < -0.39 is 0 Å². The van der Waals surface area contributed by atoms with Crippen molar-refractivity contribution >= 4 is 73.2 Å². The van der Waals surface area contributed by atoms with Gasteiger partial charge in [0.2, 0.25) is 0 Å². The second-order valence-electron chi connectivity index (χ2n) is 5.57. The van der Waals surface area contributed by atoms with E-state index in [1.807, 2.05) is 36.4 Å². The summed E-state index contributed by atoms with van der Waals surface area (Å²) in [5.41, 5.74) is 3.99. The molecule has 3 rings (SSSR count). The molecule has 3 aromatic rings. The summed E-state index contributed by atoms with van der Waals surface area (Å²) in [4.78, 5) is 0. The molecule has 0 bridgehead atoms. The molecule has 0 heterocycles. The largest absolute Gasteiger partial charge is 0.105 e. The predicted molar refractivity (Wildman–Crippen MR) is 127 cm³/mol. The number of hydrogen-bond acceptors (Lipinski definition) is 0. The molecule has 0 saturated carbocycles. The molecule has 0 aliphatic carbocycles. The quantitative estimate of drug-likeness (QED) is 0.397. The normalized spacial score (nSPS) is 8.88. The fourth-order valence-electron chi connectivity index (χ4n) is 1.76. The van der Waals surface area contributed by atoms with E-state index in [9.17, 15) is 0 Å². The van der Waals surface area contributed by atoms with Crippen LogP contribution in [0.5, 0.6) is 0 Å². The Balaban J connectivity index is 0.000000339. The first-order chi connectivity index (χ1) is 11.4. The zero-order chi connectivity index (χ0) is 17.9. The Labute approximate surface area is 182 Å². The minimum atomic E-state index is 0. The molecule has 1 radical (unpaired) electrons. The fraction of sp³-hybridized carbons (Fsp3) is 0.143. The van der Waals surface area contributed by atoms with Crippen molar-refractivity contribution in [1.29, 1.82) is 0 Å². The van der Waals surface area contributed by atoms with E-state index in [1.54, 1.807) is 0 Å². The van der Waals surface area contributed by atoms with Crippen LogP contribution in [-0.2, 0) is 0 Å². The van der Waals surface area contributed by atoms with Crippen molar-refractivity contribution < 1.29 is 0 Å². The van der Waals surface area contributed by atoms with Crippen molar-refractivity contribution in [3.63, 3.8) is 0 Å². The Morgan fingerprint density at radius 2 is 0.640 bits per heavy atom. The SMILES string of the molecule is Cc1ccccc1P.Cc1ccccc1P.Cc1ccccc1P.[Na]. The maximum Gasteiger partial charge on any atom is 0 e. The van der Waals surface area contributed by atoms with E-state index in [0.717, 1.165) is 0 Å². The molecule has 127 valence electrons. The molecule has 3 aromatic carbocycles. The van der Waals surface area contributed by atoms with E-state index in [2.05, 4.69) is 84.9 Å². The molecule has 0 aliphatic heterocycles. The van der Waals surface area contributed by atoms with Gasteiger partial charge in [-0.05, 0) is 53.4 Å². The van der Waals surface area contributed by atoms with Crippen LogP contribution in [0.15, 0.2) is 72.8 Å². The Bertz CT molecular complexity index is 591. The number of rotatable bonds is 0. The summed E-state index contributed by atoms with van der Waals surface area (Å²) < 4.78 is 0. The Kier molecular flexibility index (Phi) is 14.0. The zero-order valence-corrected chi connectivity index (χ0v) is 21.1. The molecular weight excluding hydrogens is 368 g/mol. The number of aryl methyl sites for hydroxylation is 3. The minimum Gasteiger partial charge on any atom is -0.105 e. The molecule has 0 spiro atoms. The van der Waals surface area contributed by atoms with Gasteiger partial charge in [-0.2, -0.15) is 0 Å². The summed E-state index contributed by atoms with van der Waals surface area (Å²) in [6.07, 6.45) is 0. The molecule has 3 atom stereocenters. The summed E-state index contributed by atoms with van der Waals surface area (Å²) >= 11 is 0. The zero-order valence-electron chi connectivity index (χ0n) is 15.7. The molecule has 0 nitrogen and oxygen atoms in total. The van der Waals surface area contributed by atoms with Crippen molar-refractivity contribution in [3.8, 4) is 0 Å². The van der Waals surface area contributed by atoms with Crippen LogP contribution < -0.4 is 15.9 Å². The third-order valence-corrected chi connectivity index (χ3v) is 5.51. The van der Waals surface area contributed by atoms with E-state index in [1.165, 1.54) is 32.6 Å². The second-order valence-corrected chi connectivity index (χ2v) is 7.44. The van der Waals surface area contributed by atoms with E-state index in [-0.39, 0.29) is 29.6 Å². The van der Waals surface area contributed by atoms with Crippen LogP contribution in [0.1, 0.15) is 16.7 Å². The van der Waals surface area contributed by atoms with Crippen molar-refractivity contribution in [2.24, 2.45) is 0 Å². The van der Waals surface area contributed by atoms with Gasteiger partial charge in [0.25, 0.3) is 0 Å². The first-order valence-electron chi connectivity index (χ1n) is 7.85. The smallest absolute Gasteiger partial charge is 0 e.